The SMILES string of the molecule is CN(CCc1cccs1)C(=O)C1(C(N)=S)CCCC1. The number of thiophene rings is 1. The molecule has 0 spiro atoms. The zero-order valence-electron chi connectivity index (χ0n) is 11.2. The number of hydrogen-bond acceptors (Lipinski definition) is 3. The fourth-order valence-corrected chi connectivity index (χ4v) is 3.73. The first-order chi connectivity index (χ1) is 9.06. The average molecular weight is 296 g/mol. The average Bonchev–Trinajstić information content (AvgIpc) is 3.06. The van der Waals surface area contributed by atoms with Crippen molar-refractivity contribution in [1.29, 1.82) is 0 Å². The lowest BCUT2D eigenvalue weighted by atomic mass is 9.84. The first-order valence-electron chi connectivity index (χ1n) is 6.64. The highest BCUT2D eigenvalue weighted by molar-refractivity contribution is 7.80. The monoisotopic (exact) mass is 296 g/mol. The van der Waals surface area contributed by atoms with Gasteiger partial charge >= 0.3 is 0 Å². The highest BCUT2D eigenvalue weighted by Crippen LogP contribution is 2.40. The van der Waals surface area contributed by atoms with Crippen LogP contribution < -0.4 is 5.73 Å². The van der Waals surface area contributed by atoms with E-state index < -0.39 is 5.41 Å². The van der Waals surface area contributed by atoms with Crippen LogP contribution in [0, 0.1) is 5.41 Å². The van der Waals surface area contributed by atoms with Crippen LogP contribution in [0.1, 0.15) is 30.6 Å². The second kappa shape index (κ2) is 6.01. The molecule has 0 aliphatic heterocycles. The first-order valence-corrected chi connectivity index (χ1v) is 7.93. The standard InChI is InChI=1S/C14H20N2OS2/c1-16(9-6-11-5-4-10-19-11)13(17)14(12(15)18)7-2-3-8-14/h4-5,10H,2-3,6-9H2,1H3,(H2,15,18). The molecule has 0 aromatic carbocycles. The lowest BCUT2D eigenvalue weighted by Crippen LogP contribution is -2.48. The lowest BCUT2D eigenvalue weighted by molar-refractivity contribution is -0.136. The second-order valence-corrected chi connectivity index (χ2v) is 6.68. The molecule has 1 aromatic rings. The predicted molar refractivity (Wildman–Crippen MR) is 83.3 cm³/mol. The van der Waals surface area contributed by atoms with E-state index >= 15 is 0 Å². The Labute approximate surface area is 123 Å². The molecule has 1 fully saturated rings. The number of nitrogens with two attached hydrogens (primary N) is 1. The highest BCUT2D eigenvalue weighted by atomic mass is 32.1. The Kier molecular flexibility index (Phi) is 4.58. The summed E-state index contributed by atoms with van der Waals surface area (Å²) >= 11 is 6.88. The molecule has 0 atom stereocenters. The van der Waals surface area contributed by atoms with Gasteiger partial charge in [0.2, 0.25) is 5.91 Å². The van der Waals surface area contributed by atoms with Gasteiger partial charge < -0.3 is 10.6 Å². The molecule has 2 rings (SSSR count). The minimum atomic E-state index is -0.570. The van der Waals surface area contributed by atoms with E-state index in [1.165, 1.54) is 4.88 Å². The van der Waals surface area contributed by atoms with Crippen molar-refractivity contribution in [2.24, 2.45) is 11.1 Å². The molecule has 3 nitrogen and oxygen atoms in total. The summed E-state index contributed by atoms with van der Waals surface area (Å²) in [6, 6.07) is 4.14. The summed E-state index contributed by atoms with van der Waals surface area (Å²) in [7, 11) is 1.86. The number of likely N-dealkylation sites (N-methyl/N-ethyl adjacent to an activating group) is 1. The van der Waals surface area contributed by atoms with Crippen molar-refractivity contribution in [1.82, 2.24) is 4.90 Å². The molecule has 0 unspecified atom stereocenters. The number of carbonyl (C=O) groups excluding carboxylic acids is 1. The molecule has 1 saturated carbocycles. The van der Waals surface area contributed by atoms with E-state index in [0.29, 0.717) is 4.99 Å². The van der Waals surface area contributed by atoms with E-state index in [2.05, 4.69) is 11.4 Å². The van der Waals surface area contributed by atoms with Crippen molar-refractivity contribution in [3.05, 3.63) is 22.4 Å². The third-order valence-electron chi connectivity index (χ3n) is 3.96. The fourth-order valence-electron chi connectivity index (χ4n) is 2.74. The number of rotatable bonds is 5. The second-order valence-electron chi connectivity index (χ2n) is 5.21. The summed E-state index contributed by atoms with van der Waals surface area (Å²) in [5.74, 6) is 0.106. The van der Waals surface area contributed by atoms with E-state index in [4.69, 9.17) is 18.0 Å². The normalized spacial score (nSPS) is 17.3. The summed E-state index contributed by atoms with van der Waals surface area (Å²) < 4.78 is 0. The molecular formula is C14H20N2OS2. The molecule has 1 aromatic heterocycles. The van der Waals surface area contributed by atoms with Crippen molar-refractivity contribution >= 4 is 34.5 Å². The lowest BCUT2D eigenvalue weighted by Gasteiger charge is -2.31. The summed E-state index contributed by atoms with van der Waals surface area (Å²) in [4.78, 5) is 16.1. The zero-order valence-corrected chi connectivity index (χ0v) is 12.9. The minimum Gasteiger partial charge on any atom is -0.392 e. The van der Waals surface area contributed by atoms with E-state index in [1.54, 1.807) is 16.2 Å². The molecule has 19 heavy (non-hydrogen) atoms. The molecule has 1 aliphatic rings. The van der Waals surface area contributed by atoms with Gasteiger partial charge in [0, 0.05) is 18.5 Å². The van der Waals surface area contributed by atoms with Crippen molar-refractivity contribution in [3.63, 3.8) is 0 Å². The largest absolute Gasteiger partial charge is 0.392 e. The van der Waals surface area contributed by atoms with Crippen LogP contribution in [-0.2, 0) is 11.2 Å². The van der Waals surface area contributed by atoms with Gasteiger partial charge in [-0.1, -0.05) is 31.1 Å². The summed E-state index contributed by atoms with van der Waals surface area (Å²) in [5, 5.41) is 2.06. The molecule has 0 saturated heterocycles. The summed E-state index contributed by atoms with van der Waals surface area (Å²) in [5.41, 5.74) is 5.28. The van der Waals surface area contributed by atoms with Crippen LogP contribution in [-0.4, -0.2) is 29.4 Å². The quantitative estimate of drug-likeness (QED) is 0.850. The Hall–Kier alpha value is -0.940. The van der Waals surface area contributed by atoms with Gasteiger partial charge in [0.1, 0.15) is 0 Å². The van der Waals surface area contributed by atoms with Crippen molar-refractivity contribution < 1.29 is 4.79 Å². The third kappa shape index (κ3) is 2.98. The van der Waals surface area contributed by atoms with Gasteiger partial charge in [0.25, 0.3) is 0 Å². The third-order valence-corrected chi connectivity index (χ3v) is 5.29. The smallest absolute Gasteiger partial charge is 0.235 e. The van der Waals surface area contributed by atoms with Crippen LogP contribution >= 0.6 is 23.6 Å². The maximum atomic E-state index is 12.6. The minimum absolute atomic E-state index is 0.106. The number of amides is 1. The topological polar surface area (TPSA) is 46.3 Å². The Morgan fingerprint density at radius 1 is 1.53 bits per heavy atom. The molecule has 1 aliphatic carbocycles. The number of nitrogens with zero attached hydrogens (tertiary/aromatic N) is 1. The number of thiocarbonyl (C=S) groups is 1. The zero-order chi connectivity index (χ0) is 13.9. The number of hydrogen-bond donors (Lipinski definition) is 1. The molecule has 1 heterocycles. The Morgan fingerprint density at radius 3 is 2.74 bits per heavy atom. The maximum absolute atomic E-state index is 12.6. The van der Waals surface area contributed by atoms with Crippen LogP contribution in [0.25, 0.3) is 0 Å². The Bertz CT molecular complexity index is 450. The van der Waals surface area contributed by atoms with Gasteiger partial charge in [-0.05, 0) is 30.7 Å². The van der Waals surface area contributed by atoms with Crippen LogP contribution in [0.5, 0.6) is 0 Å². The van der Waals surface area contributed by atoms with Gasteiger partial charge in [0.15, 0.2) is 0 Å². The van der Waals surface area contributed by atoms with Gasteiger partial charge in [-0.3, -0.25) is 4.79 Å². The first kappa shape index (κ1) is 14.5. The predicted octanol–water partition coefficient (Wildman–Crippen LogP) is 2.60. The van der Waals surface area contributed by atoms with E-state index in [1.807, 2.05) is 13.1 Å². The van der Waals surface area contributed by atoms with Crippen LogP contribution in [0.4, 0.5) is 0 Å². The van der Waals surface area contributed by atoms with Gasteiger partial charge in [-0.25, -0.2) is 0 Å². The molecule has 2 N–H and O–H groups in total. The fraction of sp³-hybridized carbons (Fsp3) is 0.571. The van der Waals surface area contributed by atoms with Crippen molar-refractivity contribution in [2.75, 3.05) is 13.6 Å². The maximum Gasteiger partial charge on any atom is 0.235 e. The molecule has 104 valence electrons. The molecular weight excluding hydrogens is 276 g/mol. The van der Waals surface area contributed by atoms with Crippen molar-refractivity contribution in [2.45, 2.75) is 32.1 Å². The number of carbonyl (C=O) groups is 1. The molecule has 5 heteroatoms. The summed E-state index contributed by atoms with van der Waals surface area (Å²) in [6.45, 7) is 0.726. The summed E-state index contributed by atoms with van der Waals surface area (Å²) in [6.07, 6.45) is 4.60. The van der Waals surface area contributed by atoms with Gasteiger partial charge in [0.05, 0.1) is 10.4 Å². The molecule has 0 bridgehead atoms. The Morgan fingerprint density at radius 2 is 2.21 bits per heavy atom. The highest BCUT2D eigenvalue weighted by Gasteiger charge is 2.45. The van der Waals surface area contributed by atoms with Crippen molar-refractivity contribution in [3.8, 4) is 0 Å². The van der Waals surface area contributed by atoms with Gasteiger partial charge in [-0.2, -0.15) is 0 Å². The molecule has 0 radical (unpaired) electrons. The van der Waals surface area contributed by atoms with E-state index in [-0.39, 0.29) is 5.91 Å². The van der Waals surface area contributed by atoms with Crippen LogP contribution in [0.3, 0.4) is 0 Å². The molecule has 1 amide bonds. The van der Waals surface area contributed by atoms with E-state index in [9.17, 15) is 4.79 Å². The van der Waals surface area contributed by atoms with E-state index in [0.717, 1.165) is 38.6 Å². The van der Waals surface area contributed by atoms with Gasteiger partial charge in [-0.15, -0.1) is 11.3 Å². The van der Waals surface area contributed by atoms with Crippen LogP contribution in [0.2, 0.25) is 0 Å². The Balaban J connectivity index is 1.99. The van der Waals surface area contributed by atoms with Crippen LogP contribution in [0.15, 0.2) is 17.5 Å².